The molecule has 0 saturated carbocycles. The highest BCUT2D eigenvalue weighted by atomic mass is 32.2. The predicted molar refractivity (Wildman–Crippen MR) is 92.8 cm³/mol. The fourth-order valence-electron chi connectivity index (χ4n) is 2.26. The Kier molecular flexibility index (Phi) is 5.92. The van der Waals surface area contributed by atoms with Gasteiger partial charge < -0.3 is 5.32 Å². The lowest BCUT2D eigenvalue weighted by atomic mass is 10.2. The van der Waals surface area contributed by atoms with E-state index < -0.39 is 0 Å². The summed E-state index contributed by atoms with van der Waals surface area (Å²) >= 11 is 4.91. The van der Waals surface area contributed by atoms with Crippen molar-refractivity contribution in [2.24, 2.45) is 0 Å². The molecule has 3 atom stereocenters. The number of carbonyl (C=O) groups excluding carboxylic acids is 1. The van der Waals surface area contributed by atoms with Crippen LogP contribution in [0, 0.1) is 5.82 Å². The third-order valence-electron chi connectivity index (χ3n) is 3.42. The second kappa shape index (κ2) is 7.92. The van der Waals surface area contributed by atoms with Crippen molar-refractivity contribution in [3.63, 3.8) is 0 Å². The smallest absolute Gasteiger partial charge is 0.235 e. The first-order valence-corrected chi connectivity index (χ1v) is 10.1. The summed E-state index contributed by atoms with van der Waals surface area (Å²) in [6, 6.07) is 6.53. The summed E-state index contributed by atoms with van der Waals surface area (Å²) in [4.78, 5) is 12.1. The fraction of sp³-hybridized carbons (Fsp3) is 0.500. The van der Waals surface area contributed by atoms with Gasteiger partial charge in [-0.05, 0) is 48.2 Å². The summed E-state index contributed by atoms with van der Waals surface area (Å²) in [5.74, 6) is 1.77. The summed E-state index contributed by atoms with van der Waals surface area (Å²) in [7, 11) is 0. The van der Waals surface area contributed by atoms with E-state index in [0.717, 1.165) is 29.9 Å². The van der Waals surface area contributed by atoms with Gasteiger partial charge in [0.05, 0.1) is 5.25 Å². The molecular formula is C14H18FN3OS3. The molecule has 2 saturated heterocycles. The first-order valence-electron chi connectivity index (χ1n) is 7.16. The SMILES string of the molecule is O=C(NC1NC(SCc2ccc(F)cc2)NS1)C1CCCS1. The third-order valence-corrected chi connectivity index (χ3v) is 6.90. The maximum Gasteiger partial charge on any atom is 0.235 e. The minimum atomic E-state index is -0.214. The van der Waals surface area contributed by atoms with Crippen LogP contribution in [0.1, 0.15) is 18.4 Å². The second-order valence-corrected chi connectivity index (χ2v) is 8.46. The van der Waals surface area contributed by atoms with E-state index in [-0.39, 0.29) is 28.0 Å². The molecule has 3 unspecified atom stereocenters. The quantitative estimate of drug-likeness (QED) is 0.703. The molecule has 0 radical (unpaired) electrons. The van der Waals surface area contributed by atoms with Gasteiger partial charge >= 0.3 is 0 Å². The summed E-state index contributed by atoms with van der Waals surface area (Å²) in [5, 5.41) is 6.45. The molecule has 4 nitrogen and oxygen atoms in total. The molecule has 2 heterocycles. The monoisotopic (exact) mass is 359 g/mol. The number of hydrogen-bond acceptors (Lipinski definition) is 6. The van der Waals surface area contributed by atoms with E-state index >= 15 is 0 Å². The third kappa shape index (κ3) is 4.55. The molecule has 22 heavy (non-hydrogen) atoms. The van der Waals surface area contributed by atoms with E-state index in [4.69, 9.17) is 0 Å². The highest BCUT2D eigenvalue weighted by molar-refractivity contribution is 8.02. The lowest BCUT2D eigenvalue weighted by Crippen LogP contribution is -2.45. The van der Waals surface area contributed by atoms with Gasteiger partial charge in [-0.3, -0.25) is 10.1 Å². The molecule has 2 aliphatic rings. The van der Waals surface area contributed by atoms with E-state index in [2.05, 4.69) is 15.4 Å². The Morgan fingerprint density at radius 2 is 2.23 bits per heavy atom. The van der Waals surface area contributed by atoms with Gasteiger partial charge in [0, 0.05) is 5.75 Å². The zero-order valence-electron chi connectivity index (χ0n) is 11.9. The van der Waals surface area contributed by atoms with Gasteiger partial charge in [0.15, 0.2) is 0 Å². The first-order chi connectivity index (χ1) is 10.7. The van der Waals surface area contributed by atoms with Gasteiger partial charge in [0.1, 0.15) is 16.8 Å². The van der Waals surface area contributed by atoms with Crippen LogP contribution in [0.15, 0.2) is 24.3 Å². The Morgan fingerprint density at radius 1 is 1.41 bits per heavy atom. The molecule has 0 bridgehead atoms. The molecule has 2 aliphatic heterocycles. The van der Waals surface area contributed by atoms with Gasteiger partial charge in [-0.2, -0.15) is 0 Å². The van der Waals surface area contributed by atoms with Gasteiger partial charge in [0.25, 0.3) is 0 Å². The van der Waals surface area contributed by atoms with Crippen molar-refractivity contribution in [2.45, 2.75) is 34.8 Å². The minimum absolute atomic E-state index is 0.0663. The van der Waals surface area contributed by atoms with Gasteiger partial charge in [0.2, 0.25) is 5.91 Å². The highest BCUT2D eigenvalue weighted by Gasteiger charge is 2.29. The lowest BCUT2D eigenvalue weighted by Gasteiger charge is -2.15. The number of thioether (sulfide) groups is 2. The number of halogens is 1. The number of carbonyl (C=O) groups is 1. The maximum atomic E-state index is 12.9. The van der Waals surface area contributed by atoms with Crippen molar-refractivity contribution in [1.29, 1.82) is 0 Å². The Labute approximate surface area is 142 Å². The number of nitrogens with one attached hydrogen (secondary N) is 3. The summed E-state index contributed by atoms with van der Waals surface area (Å²) < 4.78 is 16.1. The van der Waals surface area contributed by atoms with Crippen LogP contribution in [-0.2, 0) is 10.5 Å². The minimum Gasteiger partial charge on any atom is -0.330 e. The van der Waals surface area contributed by atoms with Crippen LogP contribution in [0.25, 0.3) is 0 Å². The summed E-state index contributed by atoms with van der Waals surface area (Å²) in [6.45, 7) is 0. The van der Waals surface area contributed by atoms with Crippen LogP contribution < -0.4 is 15.4 Å². The van der Waals surface area contributed by atoms with Crippen molar-refractivity contribution in [1.82, 2.24) is 15.4 Å². The molecule has 1 amide bonds. The van der Waals surface area contributed by atoms with Crippen LogP contribution in [0.5, 0.6) is 0 Å². The van der Waals surface area contributed by atoms with Crippen molar-refractivity contribution >= 4 is 41.4 Å². The topological polar surface area (TPSA) is 53.2 Å². The summed E-state index contributed by atoms with van der Waals surface area (Å²) in [5.41, 5.74) is 1.05. The number of hydrogen-bond donors (Lipinski definition) is 3. The average molecular weight is 360 g/mol. The van der Waals surface area contributed by atoms with E-state index in [1.165, 1.54) is 24.1 Å². The molecule has 3 N–H and O–H groups in total. The van der Waals surface area contributed by atoms with Crippen molar-refractivity contribution in [2.75, 3.05) is 5.75 Å². The zero-order valence-corrected chi connectivity index (χ0v) is 14.3. The van der Waals surface area contributed by atoms with Gasteiger partial charge in [-0.15, -0.1) is 23.5 Å². The molecule has 8 heteroatoms. The number of rotatable bonds is 5. The fourth-order valence-corrected chi connectivity index (χ4v) is 5.44. The lowest BCUT2D eigenvalue weighted by molar-refractivity contribution is -0.120. The highest BCUT2D eigenvalue weighted by Crippen LogP contribution is 2.27. The second-order valence-electron chi connectivity index (χ2n) is 5.11. The Balaban J connectivity index is 1.40. The van der Waals surface area contributed by atoms with Gasteiger partial charge in [-0.25, -0.2) is 9.11 Å². The van der Waals surface area contributed by atoms with Crippen LogP contribution in [0.3, 0.4) is 0 Å². The molecule has 0 spiro atoms. The van der Waals surface area contributed by atoms with Crippen LogP contribution in [0.4, 0.5) is 4.39 Å². The van der Waals surface area contributed by atoms with Crippen LogP contribution in [0.2, 0.25) is 0 Å². The number of benzene rings is 1. The summed E-state index contributed by atoms with van der Waals surface area (Å²) in [6.07, 6.45) is 2.10. The standard InChI is InChI=1S/C14H18FN3OS3/c15-10-5-3-9(4-6-10)8-21-14-17-13(22-18-14)16-12(19)11-2-1-7-20-11/h3-6,11,13-14,17-18H,1-2,7-8H2,(H,16,19). The van der Waals surface area contributed by atoms with Crippen molar-refractivity contribution in [3.05, 3.63) is 35.6 Å². The first kappa shape index (κ1) is 16.4. The normalized spacial score (nSPS) is 28.0. The number of amides is 1. The van der Waals surface area contributed by atoms with Gasteiger partial charge in [-0.1, -0.05) is 12.1 Å². The molecule has 3 rings (SSSR count). The molecule has 0 aliphatic carbocycles. The van der Waals surface area contributed by atoms with E-state index in [0.29, 0.717) is 0 Å². The van der Waals surface area contributed by atoms with E-state index in [9.17, 15) is 9.18 Å². The maximum absolute atomic E-state index is 12.9. The predicted octanol–water partition coefficient (Wildman–Crippen LogP) is 2.48. The Hall–Kier alpha value is -0.410. The van der Waals surface area contributed by atoms with Crippen LogP contribution >= 0.6 is 35.5 Å². The Morgan fingerprint density at radius 3 is 2.95 bits per heavy atom. The van der Waals surface area contributed by atoms with Crippen molar-refractivity contribution in [3.8, 4) is 0 Å². The van der Waals surface area contributed by atoms with E-state index in [1.807, 2.05) is 0 Å². The zero-order chi connectivity index (χ0) is 15.4. The molecule has 1 aromatic carbocycles. The van der Waals surface area contributed by atoms with E-state index in [1.54, 1.807) is 35.7 Å². The van der Waals surface area contributed by atoms with Crippen molar-refractivity contribution < 1.29 is 9.18 Å². The molecule has 120 valence electrons. The Bertz CT molecular complexity index is 511. The molecule has 2 fully saturated rings. The van der Waals surface area contributed by atoms with Crippen LogP contribution in [-0.4, -0.2) is 27.9 Å². The molecule has 1 aromatic rings. The molecule has 0 aromatic heterocycles. The molecular weight excluding hydrogens is 341 g/mol. The average Bonchev–Trinajstić information content (AvgIpc) is 3.18. The largest absolute Gasteiger partial charge is 0.330 e.